The molecule has 2 aromatic rings. The number of ether oxygens (including phenoxy) is 1. The van der Waals surface area contributed by atoms with Gasteiger partial charge in [0.1, 0.15) is 5.75 Å². The Morgan fingerprint density at radius 3 is 2.76 bits per heavy atom. The lowest BCUT2D eigenvalue weighted by atomic mass is 9.77. The summed E-state index contributed by atoms with van der Waals surface area (Å²) in [6, 6.07) is 6.08. The SMILES string of the molecule is COc1cc(Cc2nc(C3(N)CCC3)no2)ccc1C.Cl. The molecule has 1 fully saturated rings. The molecular weight excluding hydrogens is 290 g/mol. The van der Waals surface area contributed by atoms with E-state index in [0.29, 0.717) is 18.1 Å². The highest BCUT2D eigenvalue weighted by Gasteiger charge is 2.38. The minimum absolute atomic E-state index is 0. The molecule has 1 saturated carbocycles. The van der Waals surface area contributed by atoms with Gasteiger partial charge in [0.15, 0.2) is 5.82 Å². The zero-order valence-electron chi connectivity index (χ0n) is 12.3. The van der Waals surface area contributed by atoms with Crippen molar-refractivity contribution in [3.63, 3.8) is 0 Å². The van der Waals surface area contributed by atoms with Crippen LogP contribution in [0.15, 0.2) is 22.7 Å². The first-order chi connectivity index (χ1) is 9.60. The second-order valence-corrected chi connectivity index (χ2v) is 5.50. The number of methoxy groups -OCH3 is 1. The number of benzene rings is 1. The Morgan fingerprint density at radius 1 is 1.38 bits per heavy atom. The van der Waals surface area contributed by atoms with Gasteiger partial charge in [-0.2, -0.15) is 4.98 Å². The maximum absolute atomic E-state index is 6.19. The van der Waals surface area contributed by atoms with Crippen LogP contribution in [0.25, 0.3) is 0 Å². The van der Waals surface area contributed by atoms with Crippen molar-refractivity contribution >= 4 is 12.4 Å². The molecule has 5 nitrogen and oxygen atoms in total. The van der Waals surface area contributed by atoms with E-state index in [2.05, 4.69) is 10.1 Å². The van der Waals surface area contributed by atoms with E-state index in [-0.39, 0.29) is 17.9 Å². The van der Waals surface area contributed by atoms with Crippen molar-refractivity contribution in [3.8, 4) is 5.75 Å². The molecule has 0 unspecified atom stereocenters. The number of rotatable bonds is 4. The number of nitrogens with zero attached hydrogens (tertiary/aromatic N) is 2. The fraction of sp³-hybridized carbons (Fsp3) is 0.467. The summed E-state index contributed by atoms with van der Waals surface area (Å²) in [6.07, 6.45) is 3.60. The standard InChI is InChI=1S/C15H19N3O2.ClH/c1-10-4-5-11(8-12(10)19-2)9-13-17-14(18-20-13)15(16)6-3-7-15;/h4-5,8H,3,6-7,9,16H2,1-2H3;1H. The number of nitrogens with two attached hydrogens (primary N) is 1. The van der Waals surface area contributed by atoms with Gasteiger partial charge in [-0.05, 0) is 43.4 Å². The van der Waals surface area contributed by atoms with Crippen molar-refractivity contribution in [2.24, 2.45) is 5.73 Å². The number of aryl methyl sites for hydroxylation is 1. The molecular formula is C15H20ClN3O2. The number of hydrogen-bond donors (Lipinski definition) is 1. The Hall–Kier alpha value is -1.59. The third-order valence-electron chi connectivity index (χ3n) is 3.99. The molecule has 1 aliphatic rings. The smallest absolute Gasteiger partial charge is 0.231 e. The van der Waals surface area contributed by atoms with Gasteiger partial charge in [0.2, 0.25) is 5.89 Å². The van der Waals surface area contributed by atoms with Gasteiger partial charge in [0, 0.05) is 0 Å². The quantitative estimate of drug-likeness (QED) is 0.940. The highest BCUT2D eigenvalue weighted by atomic mass is 35.5. The maximum atomic E-state index is 6.19. The minimum atomic E-state index is -0.368. The Labute approximate surface area is 130 Å². The van der Waals surface area contributed by atoms with E-state index in [1.165, 1.54) is 0 Å². The fourth-order valence-corrected chi connectivity index (χ4v) is 2.46. The molecule has 1 aromatic carbocycles. The monoisotopic (exact) mass is 309 g/mol. The Kier molecular flexibility index (Phi) is 4.54. The second-order valence-electron chi connectivity index (χ2n) is 5.50. The van der Waals surface area contributed by atoms with Crippen molar-refractivity contribution in [2.45, 2.75) is 38.1 Å². The Balaban J connectivity index is 0.00000161. The van der Waals surface area contributed by atoms with E-state index in [0.717, 1.165) is 36.1 Å². The van der Waals surface area contributed by atoms with Crippen molar-refractivity contribution < 1.29 is 9.26 Å². The molecule has 1 heterocycles. The molecule has 0 aliphatic heterocycles. The van der Waals surface area contributed by atoms with Crippen molar-refractivity contribution in [1.82, 2.24) is 10.1 Å². The molecule has 0 atom stereocenters. The van der Waals surface area contributed by atoms with Gasteiger partial charge in [0.05, 0.1) is 19.1 Å². The third-order valence-corrected chi connectivity index (χ3v) is 3.99. The van der Waals surface area contributed by atoms with Crippen LogP contribution in [0.1, 0.15) is 42.1 Å². The summed E-state index contributed by atoms with van der Waals surface area (Å²) in [5.74, 6) is 2.11. The summed E-state index contributed by atoms with van der Waals surface area (Å²) in [4.78, 5) is 4.43. The van der Waals surface area contributed by atoms with Crippen molar-refractivity contribution in [3.05, 3.63) is 41.0 Å². The van der Waals surface area contributed by atoms with Gasteiger partial charge >= 0.3 is 0 Å². The van der Waals surface area contributed by atoms with Gasteiger partial charge in [-0.25, -0.2) is 0 Å². The van der Waals surface area contributed by atoms with Gasteiger partial charge in [-0.3, -0.25) is 0 Å². The number of hydrogen-bond acceptors (Lipinski definition) is 5. The van der Waals surface area contributed by atoms with E-state index < -0.39 is 0 Å². The molecule has 114 valence electrons. The van der Waals surface area contributed by atoms with Crippen LogP contribution in [0.2, 0.25) is 0 Å². The maximum Gasteiger partial charge on any atom is 0.231 e. The van der Waals surface area contributed by atoms with E-state index in [9.17, 15) is 0 Å². The number of aromatic nitrogens is 2. The molecule has 0 radical (unpaired) electrons. The average molecular weight is 310 g/mol. The predicted molar refractivity (Wildman–Crippen MR) is 81.8 cm³/mol. The first kappa shape index (κ1) is 15.8. The lowest BCUT2D eigenvalue weighted by Crippen LogP contribution is -2.44. The van der Waals surface area contributed by atoms with Crippen LogP contribution >= 0.6 is 12.4 Å². The largest absolute Gasteiger partial charge is 0.496 e. The molecule has 0 amide bonds. The van der Waals surface area contributed by atoms with Crippen LogP contribution in [0, 0.1) is 6.92 Å². The van der Waals surface area contributed by atoms with Crippen LogP contribution in [-0.4, -0.2) is 17.3 Å². The highest BCUT2D eigenvalue weighted by molar-refractivity contribution is 5.85. The first-order valence-corrected chi connectivity index (χ1v) is 6.86. The molecule has 1 aliphatic carbocycles. The molecule has 1 aromatic heterocycles. The predicted octanol–water partition coefficient (Wildman–Crippen LogP) is 2.74. The summed E-state index contributed by atoms with van der Waals surface area (Å²) >= 11 is 0. The third kappa shape index (κ3) is 3.04. The summed E-state index contributed by atoms with van der Waals surface area (Å²) < 4.78 is 10.6. The molecule has 0 spiro atoms. The van der Waals surface area contributed by atoms with Crippen LogP contribution in [0.5, 0.6) is 5.75 Å². The summed E-state index contributed by atoms with van der Waals surface area (Å²) in [5, 5.41) is 4.02. The highest BCUT2D eigenvalue weighted by Crippen LogP contribution is 2.37. The lowest BCUT2D eigenvalue weighted by Gasteiger charge is -2.34. The molecule has 3 rings (SSSR count). The van der Waals surface area contributed by atoms with Gasteiger partial charge in [0.25, 0.3) is 0 Å². The molecule has 6 heteroatoms. The summed E-state index contributed by atoms with van der Waals surface area (Å²) in [6.45, 7) is 2.02. The Bertz CT molecular complexity index is 623. The number of halogens is 1. The topological polar surface area (TPSA) is 74.2 Å². The summed E-state index contributed by atoms with van der Waals surface area (Å²) in [5.41, 5.74) is 8.02. The van der Waals surface area contributed by atoms with Gasteiger partial charge in [-0.15, -0.1) is 12.4 Å². The summed E-state index contributed by atoms with van der Waals surface area (Å²) in [7, 11) is 1.67. The normalized spacial score (nSPS) is 16.0. The average Bonchev–Trinajstić information content (AvgIpc) is 2.87. The van der Waals surface area contributed by atoms with Gasteiger partial charge < -0.3 is 15.0 Å². The van der Waals surface area contributed by atoms with Crippen LogP contribution in [-0.2, 0) is 12.0 Å². The van der Waals surface area contributed by atoms with E-state index in [1.54, 1.807) is 7.11 Å². The molecule has 21 heavy (non-hydrogen) atoms. The van der Waals surface area contributed by atoms with E-state index in [4.69, 9.17) is 15.0 Å². The minimum Gasteiger partial charge on any atom is -0.496 e. The second kappa shape index (κ2) is 6.03. The van der Waals surface area contributed by atoms with Crippen LogP contribution in [0.4, 0.5) is 0 Å². The molecule has 2 N–H and O–H groups in total. The van der Waals surface area contributed by atoms with E-state index in [1.807, 2.05) is 25.1 Å². The lowest BCUT2D eigenvalue weighted by molar-refractivity contribution is 0.229. The zero-order valence-corrected chi connectivity index (χ0v) is 13.1. The fourth-order valence-electron chi connectivity index (χ4n) is 2.46. The van der Waals surface area contributed by atoms with Crippen molar-refractivity contribution in [2.75, 3.05) is 7.11 Å². The Morgan fingerprint density at radius 2 is 2.14 bits per heavy atom. The molecule has 0 saturated heterocycles. The molecule has 0 bridgehead atoms. The van der Waals surface area contributed by atoms with Crippen LogP contribution in [0.3, 0.4) is 0 Å². The van der Waals surface area contributed by atoms with Gasteiger partial charge in [-0.1, -0.05) is 17.3 Å². The first-order valence-electron chi connectivity index (χ1n) is 6.86. The van der Waals surface area contributed by atoms with E-state index >= 15 is 0 Å². The van der Waals surface area contributed by atoms with Crippen molar-refractivity contribution in [1.29, 1.82) is 0 Å². The zero-order chi connectivity index (χ0) is 14.2. The van der Waals surface area contributed by atoms with Crippen LogP contribution < -0.4 is 10.5 Å².